The quantitative estimate of drug-likeness (QED) is 0.917. The smallest absolute Gasteiger partial charge is 0.247 e. The molecule has 2 atom stereocenters. The number of nitrogens with zero attached hydrogens (tertiary/aromatic N) is 1. The second kappa shape index (κ2) is 5.89. The number of nitrogens with two attached hydrogens (primary N) is 1. The molecule has 1 aliphatic heterocycles. The van der Waals surface area contributed by atoms with Crippen LogP contribution in [-0.4, -0.2) is 39.0 Å². The zero-order chi connectivity index (χ0) is 14.9. The summed E-state index contributed by atoms with van der Waals surface area (Å²) in [6.07, 6.45) is 0.783. The second-order valence-electron chi connectivity index (χ2n) is 5.06. The normalized spacial score (nSPS) is 24.0. The van der Waals surface area contributed by atoms with E-state index in [1.165, 1.54) is 23.5 Å². The van der Waals surface area contributed by atoms with Gasteiger partial charge in [0.25, 0.3) is 0 Å². The number of methoxy groups -OCH3 is 1. The molecule has 0 radical (unpaired) electrons. The summed E-state index contributed by atoms with van der Waals surface area (Å²) in [5, 5.41) is 0.440. The molecule has 112 valence electrons. The van der Waals surface area contributed by atoms with Crippen LogP contribution in [0.25, 0.3) is 0 Å². The van der Waals surface area contributed by atoms with Crippen molar-refractivity contribution in [3.63, 3.8) is 0 Å². The second-order valence-corrected chi connectivity index (χ2v) is 7.35. The van der Waals surface area contributed by atoms with E-state index in [0.29, 0.717) is 18.1 Å². The Balaban J connectivity index is 2.41. The number of halogens is 1. The SMILES string of the molecule is COc1cc(Cl)ccc1S(=O)(=O)N1CC(CN)CC1C. The lowest BCUT2D eigenvalue weighted by Crippen LogP contribution is -2.34. The Kier molecular flexibility index (Phi) is 4.59. The Labute approximate surface area is 124 Å². The maximum Gasteiger partial charge on any atom is 0.247 e. The molecule has 20 heavy (non-hydrogen) atoms. The zero-order valence-corrected chi connectivity index (χ0v) is 13.1. The van der Waals surface area contributed by atoms with Crippen molar-refractivity contribution in [1.82, 2.24) is 4.31 Å². The molecule has 5 nitrogen and oxygen atoms in total. The average Bonchev–Trinajstić information content (AvgIpc) is 2.80. The lowest BCUT2D eigenvalue weighted by atomic mass is 10.1. The van der Waals surface area contributed by atoms with Gasteiger partial charge in [-0.05, 0) is 37.9 Å². The number of benzene rings is 1. The average molecular weight is 319 g/mol. The van der Waals surface area contributed by atoms with Crippen molar-refractivity contribution < 1.29 is 13.2 Å². The zero-order valence-electron chi connectivity index (χ0n) is 11.5. The number of hydrogen-bond acceptors (Lipinski definition) is 4. The van der Waals surface area contributed by atoms with Gasteiger partial charge in [0.1, 0.15) is 10.6 Å². The van der Waals surface area contributed by atoms with Gasteiger partial charge in [0, 0.05) is 23.7 Å². The van der Waals surface area contributed by atoms with Gasteiger partial charge in [-0.1, -0.05) is 11.6 Å². The van der Waals surface area contributed by atoms with E-state index in [4.69, 9.17) is 22.1 Å². The van der Waals surface area contributed by atoms with Gasteiger partial charge in [-0.3, -0.25) is 0 Å². The van der Waals surface area contributed by atoms with Gasteiger partial charge < -0.3 is 10.5 Å². The molecule has 1 aliphatic rings. The van der Waals surface area contributed by atoms with Gasteiger partial charge in [-0.2, -0.15) is 4.31 Å². The molecule has 1 heterocycles. The van der Waals surface area contributed by atoms with E-state index >= 15 is 0 Å². The third-order valence-electron chi connectivity index (χ3n) is 3.65. The van der Waals surface area contributed by atoms with Crippen molar-refractivity contribution in [3.8, 4) is 5.75 Å². The summed E-state index contributed by atoms with van der Waals surface area (Å²) in [4.78, 5) is 0.147. The number of sulfonamides is 1. The van der Waals surface area contributed by atoms with Gasteiger partial charge in [-0.15, -0.1) is 0 Å². The van der Waals surface area contributed by atoms with Crippen LogP contribution in [0.15, 0.2) is 23.1 Å². The van der Waals surface area contributed by atoms with Crippen molar-refractivity contribution in [2.75, 3.05) is 20.2 Å². The van der Waals surface area contributed by atoms with Crippen LogP contribution in [-0.2, 0) is 10.0 Å². The first-order chi connectivity index (χ1) is 9.40. The lowest BCUT2D eigenvalue weighted by molar-refractivity contribution is 0.385. The summed E-state index contributed by atoms with van der Waals surface area (Å²) in [6, 6.07) is 4.49. The monoisotopic (exact) mass is 318 g/mol. The summed E-state index contributed by atoms with van der Waals surface area (Å²) < 4.78 is 32.2. The predicted molar refractivity (Wildman–Crippen MR) is 78.5 cm³/mol. The van der Waals surface area contributed by atoms with E-state index in [1.54, 1.807) is 6.07 Å². The first kappa shape index (κ1) is 15.6. The Bertz CT molecular complexity index is 591. The van der Waals surface area contributed by atoms with Crippen molar-refractivity contribution in [2.45, 2.75) is 24.3 Å². The fourth-order valence-electron chi connectivity index (χ4n) is 2.60. The molecule has 1 aromatic carbocycles. The van der Waals surface area contributed by atoms with Crippen LogP contribution in [0.2, 0.25) is 5.02 Å². The highest BCUT2D eigenvalue weighted by Gasteiger charge is 2.38. The minimum absolute atomic E-state index is 0.0612. The molecule has 2 rings (SSSR count). The topological polar surface area (TPSA) is 72.6 Å². The maximum atomic E-state index is 12.8. The summed E-state index contributed by atoms with van der Waals surface area (Å²) in [5.74, 6) is 0.471. The maximum absolute atomic E-state index is 12.8. The number of rotatable bonds is 4. The highest BCUT2D eigenvalue weighted by molar-refractivity contribution is 7.89. The first-order valence-electron chi connectivity index (χ1n) is 6.45. The molecule has 0 bridgehead atoms. The third kappa shape index (κ3) is 2.79. The molecular weight excluding hydrogens is 300 g/mol. The fraction of sp³-hybridized carbons (Fsp3) is 0.538. The van der Waals surface area contributed by atoms with Crippen LogP contribution >= 0.6 is 11.6 Å². The van der Waals surface area contributed by atoms with Crippen LogP contribution in [0.3, 0.4) is 0 Å². The molecule has 7 heteroatoms. The highest BCUT2D eigenvalue weighted by Crippen LogP contribution is 2.34. The van der Waals surface area contributed by atoms with Crippen molar-refractivity contribution in [2.24, 2.45) is 11.7 Å². The summed E-state index contributed by atoms with van der Waals surface area (Å²) in [6.45, 7) is 2.84. The van der Waals surface area contributed by atoms with E-state index < -0.39 is 10.0 Å². The molecule has 1 aromatic rings. The Morgan fingerprint density at radius 1 is 1.50 bits per heavy atom. The van der Waals surface area contributed by atoms with E-state index in [1.807, 2.05) is 6.92 Å². The molecule has 1 saturated heterocycles. The van der Waals surface area contributed by atoms with Crippen LogP contribution < -0.4 is 10.5 Å². The molecule has 0 amide bonds. The highest BCUT2D eigenvalue weighted by atomic mass is 35.5. The third-order valence-corrected chi connectivity index (χ3v) is 5.90. The molecule has 1 fully saturated rings. The number of hydrogen-bond donors (Lipinski definition) is 1. The number of ether oxygens (including phenoxy) is 1. The van der Waals surface area contributed by atoms with Gasteiger partial charge in [0.2, 0.25) is 10.0 Å². The molecular formula is C13H19ClN2O3S. The van der Waals surface area contributed by atoms with Crippen molar-refractivity contribution in [3.05, 3.63) is 23.2 Å². The molecule has 2 unspecified atom stereocenters. The Morgan fingerprint density at radius 3 is 2.75 bits per heavy atom. The molecule has 0 aromatic heterocycles. The van der Waals surface area contributed by atoms with Gasteiger partial charge in [-0.25, -0.2) is 8.42 Å². The largest absolute Gasteiger partial charge is 0.495 e. The first-order valence-corrected chi connectivity index (χ1v) is 8.27. The minimum Gasteiger partial charge on any atom is -0.495 e. The summed E-state index contributed by atoms with van der Waals surface area (Å²) in [7, 11) is -2.16. The standard InChI is InChI=1S/C13H19ClN2O3S/c1-9-5-10(7-15)8-16(9)20(17,18)13-4-3-11(14)6-12(13)19-2/h3-4,6,9-10H,5,7-8,15H2,1-2H3. The van der Waals surface area contributed by atoms with E-state index in [-0.39, 0.29) is 22.6 Å². The van der Waals surface area contributed by atoms with Crippen LogP contribution in [0.4, 0.5) is 0 Å². The Hall–Kier alpha value is -0.820. The molecule has 0 aliphatic carbocycles. The van der Waals surface area contributed by atoms with E-state index in [2.05, 4.69) is 0 Å². The lowest BCUT2D eigenvalue weighted by Gasteiger charge is -2.22. The van der Waals surface area contributed by atoms with E-state index in [0.717, 1.165) is 6.42 Å². The molecule has 0 saturated carbocycles. The van der Waals surface area contributed by atoms with Crippen LogP contribution in [0, 0.1) is 5.92 Å². The van der Waals surface area contributed by atoms with Crippen LogP contribution in [0.1, 0.15) is 13.3 Å². The van der Waals surface area contributed by atoms with Crippen molar-refractivity contribution in [1.29, 1.82) is 0 Å². The Morgan fingerprint density at radius 2 is 2.20 bits per heavy atom. The van der Waals surface area contributed by atoms with Gasteiger partial charge >= 0.3 is 0 Å². The summed E-state index contributed by atoms with van der Waals surface area (Å²) in [5.41, 5.74) is 5.65. The van der Waals surface area contributed by atoms with Crippen molar-refractivity contribution >= 4 is 21.6 Å². The fourth-order valence-corrected chi connectivity index (χ4v) is 4.61. The van der Waals surface area contributed by atoms with Gasteiger partial charge in [0.05, 0.1) is 7.11 Å². The van der Waals surface area contributed by atoms with Gasteiger partial charge in [0.15, 0.2) is 0 Å². The van der Waals surface area contributed by atoms with E-state index in [9.17, 15) is 8.42 Å². The predicted octanol–water partition coefficient (Wildman–Crippen LogP) is 1.71. The molecule has 0 spiro atoms. The molecule has 2 N–H and O–H groups in total. The summed E-state index contributed by atoms with van der Waals surface area (Å²) >= 11 is 5.87. The van der Waals surface area contributed by atoms with Crippen LogP contribution in [0.5, 0.6) is 5.75 Å². The minimum atomic E-state index is -3.60.